The molecule has 2 aromatic rings. The molecule has 2 rings (SSSR count). The highest BCUT2D eigenvalue weighted by atomic mass is 16.2. The van der Waals surface area contributed by atoms with Crippen LogP contribution in [0.5, 0.6) is 0 Å². The second-order valence-electron chi connectivity index (χ2n) is 3.92. The Kier molecular flexibility index (Phi) is 3.81. The van der Waals surface area contributed by atoms with Gasteiger partial charge in [0, 0.05) is 17.9 Å². The SMILES string of the molecule is Nc1ccc(CNC(=O)Nc2ccccc2)cc1. The molecule has 0 heterocycles. The predicted molar refractivity (Wildman–Crippen MR) is 73.2 cm³/mol. The van der Waals surface area contributed by atoms with Crippen LogP contribution < -0.4 is 16.4 Å². The number of nitrogen functional groups attached to an aromatic ring is 1. The molecule has 4 N–H and O–H groups in total. The molecule has 0 fully saturated rings. The smallest absolute Gasteiger partial charge is 0.319 e. The zero-order valence-corrected chi connectivity index (χ0v) is 9.89. The van der Waals surface area contributed by atoms with Gasteiger partial charge in [-0.15, -0.1) is 0 Å². The molecular formula is C14H15N3O. The Morgan fingerprint density at radius 3 is 2.33 bits per heavy atom. The summed E-state index contributed by atoms with van der Waals surface area (Å²) in [4.78, 5) is 11.6. The molecule has 0 unspecified atom stereocenters. The average Bonchev–Trinajstić information content (AvgIpc) is 2.39. The number of carbonyl (C=O) groups is 1. The van der Waals surface area contributed by atoms with Gasteiger partial charge in [-0.1, -0.05) is 30.3 Å². The number of para-hydroxylation sites is 1. The lowest BCUT2D eigenvalue weighted by Gasteiger charge is -2.07. The quantitative estimate of drug-likeness (QED) is 0.723. The molecule has 0 atom stereocenters. The Balaban J connectivity index is 1.83. The van der Waals surface area contributed by atoms with Gasteiger partial charge in [-0.25, -0.2) is 4.79 Å². The van der Waals surface area contributed by atoms with Crippen molar-refractivity contribution in [2.24, 2.45) is 0 Å². The molecule has 4 nitrogen and oxygen atoms in total. The van der Waals surface area contributed by atoms with E-state index in [9.17, 15) is 4.79 Å². The van der Waals surface area contributed by atoms with E-state index in [4.69, 9.17) is 5.73 Å². The maximum atomic E-state index is 11.6. The highest BCUT2D eigenvalue weighted by molar-refractivity contribution is 5.89. The summed E-state index contributed by atoms with van der Waals surface area (Å²) in [6.45, 7) is 0.471. The van der Waals surface area contributed by atoms with Crippen molar-refractivity contribution in [1.82, 2.24) is 5.32 Å². The molecule has 2 amide bonds. The van der Waals surface area contributed by atoms with Crippen LogP contribution in [0.1, 0.15) is 5.56 Å². The second kappa shape index (κ2) is 5.72. The summed E-state index contributed by atoms with van der Waals surface area (Å²) in [6.07, 6.45) is 0. The Morgan fingerprint density at radius 1 is 1.00 bits per heavy atom. The Morgan fingerprint density at radius 2 is 1.67 bits per heavy atom. The molecule has 2 aromatic carbocycles. The molecule has 0 aliphatic heterocycles. The minimum Gasteiger partial charge on any atom is -0.399 e. The first-order valence-corrected chi connectivity index (χ1v) is 5.68. The molecule has 0 spiro atoms. The van der Waals surface area contributed by atoms with Crippen molar-refractivity contribution >= 4 is 17.4 Å². The molecule has 0 aliphatic rings. The van der Waals surface area contributed by atoms with Crippen LogP contribution in [0, 0.1) is 0 Å². The number of benzene rings is 2. The van der Waals surface area contributed by atoms with Gasteiger partial charge in [-0.05, 0) is 29.8 Å². The lowest BCUT2D eigenvalue weighted by atomic mass is 10.2. The number of urea groups is 1. The van der Waals surface area contributed by atoms with Crippen molar-refractivity contribution in [2.75, 3.05) is 11.1 Å². The largest absolute Gasteiger partial charge is 0.399 e. The van der Waals surface area contributed by atoms with Crippen molar-refractivity contribution in [3.05, 3.63) is 60.2 Å². The van der Waals surface area contributed by atoms with Gasteiger partial charge in [0.2, 0.25) is 0 Å². The molecule has 18 heavy (non-hydrogen) atoms. The first kappa shape index (κ1) is 12.0. The molecule has 0 saturated heterocycles. The van der Waals surface area contributed by atoms with Gasteiger partial charge in [0.15, 0.2) is 0 Å². The first-order valence-electron chi connectivity index (χ1n) is 5.68. The minimum atomic E-state index is -0.224. The average molecular weight is 241 g/mol. The van der Waals surface area contributed by atoms with E-state index in [0.717, 1.165) is 11.3 Å². The van der Waals surface area contributed by atoms with E-state index in [1.807, 2.05) is 54.6 Å². The number of rotatable bonds is 3. The molecule has 0 saturated carbocycles. The topological polar surface area (TPSA) is 67.1 Å². The van der Waals surface area contributed by atoms with Crippen LogP contribution in [0.15, 0.2) is 54.6 Å². The lowest BCUT2D eigenvalue weighted by molar-refractivity contribution is 0.251. The molecule has 92 valence electrons. The van der Waals surface area contributed by atoms with Gasteiger partial charge >= 0.3 is 6.03 Å². The maximum absolute atomic E-state index is 11.6. The van der Waals surface area contributed by atoms with E-state index in [2.05, 4.69) is 10.6 Å². The monoisotopic (exact) mass is 241 g/mol. The summed E-state index contributed by atoms with van der Waals surface area (Å²) in [6, 6.07) is 16.5. The number of anilines is 2. The van der Waals surface area contributed by atoms with Gasteiger partial charge in [0.05, 0.1) is 0 Å². The summed E-state index contributed by atoms with van der Waals surface area (Å²) in [5.41, 5.74) is 8.08. The van der Waals surface area contributed by atoms with Gasteiger partial charge < -0.3 is 16.4 Å². The third-order valence-corrected chi connectivity index (χ3v) is 2.46. The van der Waals surface area contributed by atoms with Crippen LogP contribution in [0.4, 0.5) is 16.2 Å². The summed E-state index contributed by atoms with van der Waals surface area (Å²) in [5.74, 6) is 0. The number of hydrogen-bond donors (Lipinski definition) is 3. The Bertz CT molecular complexity index is 508. The fourth-order valence-electron chi connectivity index (χ4n) is 1.51. The molecular weight excluding hydrogens is 226 g/mol. The normalized spacial score (nSPS) is 9.78. The third-order valence-electron chi connectivity index (χ3n) is 2.46. The first-order chi connectivity index (χ1) is 8.74. The fourth-order valence-corrected chi connectivity index (χ4v) is 1.51. The molecule has 0 aliphatic carbocycles. The van der Waals surface area contributed by atoms with Crippen molar-refractivity contribution in [3.8, 4) is 0 Å². The number of carbonyl (C=O) groups excluding carboxylic acids is 1. The molecule has 4 heteroatoms. The van der Waals surface area contributed by atoms with E-state index in [-0.39, 0.29) is 6.03 Å². The maximum Gasteiger partial charge on any atom is 0.319 e. The van der Waals surface area contributed by atoms with Crippen LogP contribution in [0.25, 0.3) is 0 Å². The van der Waals surface area contributed by atoms with E-state index >= 15 is 0 Å². The number of nitrogens with two attached hydrogens (primary N) is 1. The zero-order chi connectivity index (χ0) is 12.8. The highest BCUT2D eigenvalue weighted by Crippen LogP contribution is 2.06. The van der Waals surface area contributed by atoms with Crippen molar-refractivity contribution in [1.29, 1.82) is 0 Å². The summed E-state index contributed by atoms with van der Waals surface area (Å²) in [5, 5.41) is 5.52. The van der Waals surface area contributed by atoms with E-state index in [0.29, 0.717) is 12.2 Å². The van der Waals surface area contributed by atoms with E-state index in [1.54, 1.807) is 0 Å². The van der Waals surface area contributed by atoms with Gasteiger partial charge in [-0.3, -0.25) is 0 Å². The summed E-state index contributed by atoms with van der Waals surface area (Å²) in [7, 11) is 0. The van der Waals surface area contributed by atoms with E-state index in [1.165, 1.54) is 0 Å². The van der Waals surface area contributed by atoms with Gasteiger partial charge in [0.25, 0.3) is 0 Å². The number of hydrogen-bond acceptors (Lipinski definition) is 2. The Labute approximate surface area is 106 Å². The molecule has 0 radical (unpaired) electrons. The number of amides is 2. The van der Waals surface area contributed by atoms with Crippen molar-refractivity contribution < 1.29 is 4.79 Å². The molecule has 0 bridgehead atoms. The number of nitrogens with one attached hydrogen (secondary N) is 2. The minimum absolute atomic E-state index is 0.224. The predicted octanol–water partition coefficient (Wildman–Crippen LogP) is 2.59. The van der Waals surface area contributed by atoms with Gasteiger partial charge in [0.1, 0.15) is 0 Å². The van der Waals surface area contributed by atoms with E-state index < -0.39 is 0 Å². The lowest BCUT2D eigenvalue weighted by Crippen LogP contribution is -2.28. The van der Waals surface area contributed by atoms with Gasteiger partial charge in [-0.2, -0.15) is 0 Å². The molecule has 0 aromatic heterocycles. The standard InChI is InChI=1S/C14H15N3O/c15-12-8-6-11(7-9-12)10-16-14(18)17-13-4-2-1-3-5-13/h1-9H,10,15H2,(H2,16,17,18). The zero-order valence-electron chi connectivity index (χ0n) is 9.89. The third kappa shape index (κ3) is 3.52. The van der Waals surface area contributed by atoms with Crippen molar-refractivity contribution in [2.45, 2.75) is 6.54 Å². The fraction of sp³-hybridized carbons (Fsp3) is 0.0714. The summed E-state index contributed by atoms with van der Waals surface area (Å²) >= 11 is 0. The highest BCUT2D eigenvalue weighted by Gasteiger charge is 2.00. The van der Waals surface area contributed by atoms with Crippen LogP contribution in [-0.4, -0.2) is 6.03 Å². The van der Waals surface area contributed by atoms with Crippen LogP contribution >= 0.6 is 0 Å². The Hall–Kier alpha value is -2.49. The van der Waals surface area contributed by atoms with Crippen LogP contribution in [0.3, 0.4) is 0 Å². The van der Waals surface area contributed by atoms with Crippen molar-refractivity contribution in [3.63, 3.8) is 0 Å². The van der Waals surface area contributed by atoms with Crippen LogP contribution in [0.2, 0.25) is 0 Å². The van der Waals surface area contributed by atoms with Crippen LogP contribution in [-0.2, 0) is 6.54 Å². The second-order valence-corrected chi connectivity index (χ2v) is 3.92. The summed E-state index contributed by atoms with van der Waals surface area (Å²) < 4.78 is 0.